The van der Waals surface area contributed by atoms with E-state index in [2.05, 4.69) is 33.7 Å². The van der Waals surface area contributed by atoms with Crippen LogP contribution < -0.4 is 0 Å². The summed E-state index contributed by atoms with van der Waals surface area (Å²) in [6.07, 6.45) is 0. The number of fused-ring (bicyclic) bond motifs is 1. The van der Waals surface area contributed by atoms with Crippen LogP contribution in [0.5, 0.6) is 0 Å². The van der Waals surface area contributed by atoms with Gasteiger partial charge in [0.1, 0.15) is 5.69 Å². The Balaban J connectivity index is 1.28. The van der Waals surface area contributed by atoms with Crippen molar-refractivity contribution in [2.24, 2.45) is 0 Å². The molecule has 2 aromatic carbocycles. The highest BCUT2D eigenvalue weighted by atomic mass is 16.5. The first-order valence-corrected chi connectivity index (χ1v) is 11.7. The molecule has 0 atom stereocenters. The molecular weight excluding hydrogens is 416 g/mol. The smallest absolute Gasteiger partial charge is 0.270 e. The van der Waals surface area contributed by atoms with Crippen LogP contribution in [0.1, 0.15) is 16.1 Å². The molecule has 3 heterocycles. The molecule has 5 rings (SSSR count). The first-order valence-electron chi connectivity index (χ1n) is 11.7. The molecule has 2 saturated heterocycles. The Bertz CT molecular complexity index is 1110. The molecule has 0 saturated carbocycles. The summed E-state index contributed by atoms with van der Waals surface area (Å²) < 4.78 is 7.48. The number of hydrogen-bond acceptors (Lipinski definition) is 4. The number of aromatic nitrogens is 1. The Morgan fingerprint density at radius 2 is 1.45 bits per heavy atom. The highest BCUT2D eigenvalue weighted by Gasteiger charge is 2.28. The molecule has 2 amide bonds. The minimum atomic E-state index is 0.0300. The van der Waals surface area contributed by atoms with Gasteiger partial charge in [0.25, 0.3) is 5.91 Å². The number of para-hydroxylation sites is 1. The van der Waals surface area contributed by atoms with Crippen LogP contribution >= 0.6 is 0 Å². The normalized spacial score (nSPS) is 17.5. The van der Waals surface area contributed by atoms with Crippen LogP contribution in [-0.2, 0) is 16.1 Å². The highest BCUT2D eigenvalue weighted by Crippen LogP contribution is 2.23. The molecule has 0 aliphatic carbocycles. The van der Waals surface area contributed by atoms with E-state index in [4.69, 9.17) is 4.74 Å². The van der Waals surface area contributed by atoms with Crippen molar-refractivity contribution >= 4 is 22.7 Å². The molecular formula is C26H30N4O3. The van der Waals surface area contributed by atoms with Crippen molar-refractivity contribution in [1.82, 2.24) is 19.3 Å². The molecule has 33 heavy (non-hydrogen) atoms. The van der Waals surface area contributed by atoms with Gasteiger partial charge in [-0.25, -0.2) is 0 Å². The van der Waals surface area contributed by atoms with Crippen molar-refractivity contribution < 1.29 is 14.3 Å². The number of nitrogens with zero attached hydrogens (tertiary/aromatic N) is 4. The molecule has 1 aromatic heterocycles. The zero-order chi connectivity index (χ0) is 22.6. The zero-order valence-electron chi connectivity index (χ0n) is 18.9. The molecule has 0 unspecified atom stereocenters. The van der Waals surface area contributed by atoms with Crippen LogP contribution in [0.4, 0.5) is 0 Å². The van der Waals surface area contributed by atoms with Crippen LogP contribution in [0.2, 0.25) is 0 Å². The fourth-order valence-corrected chi connectivity index (χ4v) is 4.70. The van der Waals surface area contributed by atoms with Crippen LogP contribution in [0.25, 0.3) is 10.9 Å². The maximum absolute atomic E-state index is 13.6. The van der Waals surface area contributed by atoms with Gasteiger partial charge in [0, 0.05) is 56.7 Å². The number of hydrogen-bond donors (Lipinski definition) is 0. The van der Waals surface area contributed by atoms with E-state index < -0.39 is 0 Å². The third-order valence-electron chi connectivity index (χ3n) is 6.60. The van der Waals surface area contributed by atoms with Crippen molar-refractivity contribution in [2.45, 2.75) is 6.54 Å². The third kappa shape index (κ3) is 4.79. The molecule has 2 fully saturated rings. The first-order chi connectivity index (χ1) is 16.2. The van der Waals surface area contributed by atoms with Gasteiger partial charge in [-0.05, 0) is 17.7 Å². The van der Waals surface area contributed by atoms with Gasteiger partial charge in [-0.3, -0.25) is 14.5 Å². The number of benzene rings is 2. The van der Waals surface area contributed by atoms with E-state index in [9.17, 15) is 9.59 Å². The fourth-order valence-electron chi connectivity index (χ4n) is 4.70. The van der Waals surface area contributed by atoms with Crippen LogP contribution in [0.15, 0.2) is 60.7 Å². The molecule has 0 N–H and O–H groups in total. The van der Waals surface area contributed by atoms with Gasteiger partial charge in [0.15, 0.2) is 0 Å². The zero-order valence-corrected chi connectivity index (χ0v) is 18.9. The summed E-state index contributed by atoms with van der Waals surface area (Å²) >= 11 is 0. The molecule has 0 spiro atoms. The lowest BCUT2D eigenvalue weighted by Gasteiger charge is -2.36. The monoisotopic (exact) mass is 446 g/mol. The maximum Gasteiger partial charge on any atom is 0.270 e. The first kappa shape index (κ1) is 21.7. The van der Waals surface area contributed by atoms with E-state index in [-0.39, 0.29) is 11.8 Å². The van der Waals surface area contributed by atoms with Crippen LogP contribution in [-0.4, -0.2) is 90.1 Å². The van der Waals surface area contributed by atoms with Crippen LogP contribution in [0.3, 0.4) is 0 Å². The largest absolute Gasteiger partial charge is 0.379 e. The van der Waals surface area contributed by atoms with Gasteiger partial charge in [0.05, 0.1) is 19.8 Å². The minimum Gasteiger partial charge on any atom is -0.379 e. The van der Waals surface area contributed by atoms with E-state index in [1.807, 2.05) is 46.2 Å². The summed E-state index contributed by atoms with van der Waals surface area (Å²) in [6.45, 7) is 6.32. The Morgan fingerprint density at radius 3 is 2.21 bits per heavy atom. The van der Waals surface area contributed by atoms with Gasteiger partial charge in [-0.15, -0.1) is 0 Å². The quantitative estimate of drug-likeness (QED) is 0.604. The summed E-state index contributed by atoms with van der Waals surface area (Å²) in [7, 11) is 0. The molecule has 0 radical (unpaired) electrons. The minimum absolute atomic E-state index is 0.0300. The summed E-state index contributed by atoms with van der Waals surface area (Å²) in [5.74, 6) is 0.171. The number of rotatable bonds is 5. The van der Waals surface area contributed by atoms with E-state index >= 15 is 0 Å². The SMILES string of the molecule is O=C(CN1CCOCC1)N1CCN(C(=O)c2cc3ccccc3n2Cc2ccccc2)CC1. The molecule has 2 aliphatic rings. The van der Waals surface area contributed by atoms with Crippen LogP contribution in [0, 0.1) is 0 Å². The number of amides is 2. The van der Waals surface area contributed by atoms with Crippen molar-refractivity contribution in [3.05, 3.63) is 71.9 Å². The van der Waals surface area contributed by atoms with Crippen molar-refractivity contribution in [1.29, 1.82) is 0 Å². The average molecular weight is 447 g/mol. The Kier molecular flexibility index (Phi) is 6.41. The molecule has 7 heteroatoms. The molecule has 7 nitrogen and oxygen atoms in total. The molecule has 0 bridgehead atoms. The second kappa shape index (κ2) is 9.77. The third-order valence-corrected chi connectivity index (χ3v) is 6.60. The number of morpholine rings is 1. The molecule has 2 aliphatic heterocycles. The number of piperazine rings is 1. The lowest BCUT2D eigenvalue weighted by molar-refractivity contribution is -0.134. The van der Waals surface area contributed by atoms with Crippen molar-refractivity contribution in [2.75, 3.05) is 59.0 Å². The number of carbonyl (C=O) groups is 2. The van der Waals surface area contributed by atoms with Crippen molar-refractivity contribution in [3.63, 3.8) is 0 Å². The molecule has 172 valence electrons. The van der Waals surface area contributed by atoms with Crippen molar-refractivity contribution in [3.8, 4) is 0 Å². The van der Waals surface area contributed by atoms with Gasteiger partial charge in [0.2, 0.25) is 5.91 Å². The van der Waals surface area contributed by atoms with Gasteiger partial charge in [-0.2, -0.15) is 0 Å². The standard InChI is InChI=1S/C26H30N4O3/c31-25(20-27-14-16-33-17-15-27)28-10-12-29(13-11-28)26(32)24-18-22-8-4-5-9-23(22)30(24)19-21-6-2-1-3-7-21/h1-9,18H,10-17,19-20H2. The summed E-state index contributed by atoms with van der Waals surface area (Å²) in [6, 6.07) is 20.3. The van der Waals surface area contributed by atoms with E-state index in [0.717, 1.165) is 29.6 Å². The van der Waals surface area contributed by atoms with E-state index in [1.165, 1.54) is 0 Å². The number of ether oxygens (including phenoxy) is 1. The van der Waals surface area contributed by atoms with Gasteiger partial charge >= 0.3 is 0 Å². The second-order valence-electron chi connectivity index (χ2n) is 8.72. The summed E-state index contributed by atoms with van der Waals surface area (Å²) in [5, 5.41) is 1.07. The number of carbonyl (C=O) groups excluding carboxylic acids is 2. The Labute approximate surface area is 194 Å². The fraction of sp³-hybridized carbons (Fsp3) is 0.385. The van der Waals surface area contributed by atoms with E-state index in [0.29, 0.717) is 58.2 Å². The topological polar surface area (TPSA) is 58.0 Å². The van der Waals surface area contributed by atoms with Gasteiger partial charge < -0.3 is 19.1 Å². The summed E-state index contributed by atoms with van der Waals surface area (Å²) in [4.78, 5) is 32.2. The highest BCUT2D eigenvalue weighted by molar-refractivity contribution is 5.99. The van der Waals surface area contributed by atoms with Gasteiger partial charge in [-0.1, -0.05) is 48.5 Å². The summed E-state index contributed by atoms with van der Waals surface area (Å²) in [5.41, 5.74) is 2.92. The predicted octanol–water partition coefficient (Wildman–Crippen LogP) is 2.31. The second-order valence-corrected chi connectivity index (χ2v) is 8.72. The Hall–Kier alpha value is -3.16. The Morgan fingerprint density at radius 1 is 0.788 bits per heavy atom. The maximum atomic E-state index is 13.6. The lowest BCUT2D eigenvalue weighted by atomic mass is 10.2. The predicted molar refractivity (Wildman–Crippen MR) is 127 cm³/mol. The lowest BCUT2D eigenvalue weighted by Crippen LogP contribution is -2.53. The molecule has 3 aromatic rings. The average Bonchev–Trinajstić information content (AvgIpc) is 3.23. The van der Waals surface area contributed by atoms with E-state index in [1.54, 1.807) is 0 Å².